The van der Waals surface area contributed by atoms with Crippen LogP contribution in [0.4, 0.5) is 5.69 Å². The molecule has 0 amide bonds. The number of aryl methyl sites for hydroxylation is 1. The number of nitrogens with zero attached hydrogens (tertiary/aromatic N) is 4. The van der Waals surface area contributed by atoms with E-state index in [-0.39, 0.29) is 0 Å². The molecular formula is C22H28N6O. The molecule has 0 saturated heterocycles. The molecule has 7 heteroatoms. The second kappa shape index (κ2) is 11.6. The Balaban J connectivity index is 1.24. The second-order valence-electron chi connectivity index (χ2n) is 6.88. The average Bonchev–Trinajstić information content (AvgIpc) is 3.28. The first-order chi connectivity index (χ1) is 14.3. The number of hydrogen-bond donors (Lipinski definition) is 2. The van der Waals surface area contributed by atoms with Crippen LogP contribution in [0, 0.1) is 5.41 Å². The van der Waals surface area contributed by atoms with Gasteiger partial charge in [0, 0.05) is 18.2 Å². The van der Waals surface area contributed by atoms with E-state index in [1.807, 2.05) is 47.1 Å². The van der Waals surface area contributed by atoms with Crippen molar-refractivity contribution in [2.75, 3.05) is 11.9 Å². The van der Waals surface area contributed by atoms with Crippen LogP contribution in [0.5, 0.6) is 5.88 Å². The van der Waals surface area contributed by atoms with Crippen LogP contribution in [0.25, 0.3) is 0 Å². The van der Waals surface area contributed by atoms with Gasteiger partial charge in [0.25, 0.3) is 0 Å². The number of amidine groups is 1. The van der Waals surface area contributed by atoms with Gasteiger partial charge < -0.3 is 10.1 Å². The van der Waals surface area contributed by atoms with Crippen LogP contribution >= 0.6 is 0 Å². The average molecular weight is 393 g/mol. The summed E-state index contributed by atoms with van der Waals surface area (Å²) in [6.07, 6.45) is 12.1. The Morgan fingerprint density at radius 2 is 1.76 bits per heavy atom. The topological polar surface area (TPSA) is 88.7 Å². The van der Waals surface area contributed by atoms with Crippen LogP contribution in [0.3, 0.4) is 0 Å². The number of anilines is 1. The largest absolute Gasteiger partial charge is 0.478 e. The third-order valence-corrected chi connectivity index (χ3v) is 4.57. The van der Waals surface area contributed by atoms with Crippen molar-refractivity contribution in [1.82, 2.24) is 19.7 Å². The molecule has 0 radical (unpaired) electrons. The second-order valence-corrected chi connectivity index (χ2v) is 6.88. The number of ether oxygens (including phenoxy) is 1. The summed E-state index contributed by atoms with van der Waals surface area (Å²) in [4.78, 5) is 8.26. The lowest BCUT2D eigenvalue weighted by molar-refractivity contribution is 0.293. The number of hydrogen-bond acceptors (Lipinski definition) is 5. The minimum absolute atomic E-state index is 0.349. The lowest BCUT2D eigenvalue weighted by atomic mass is 10.1. The Morgan fingerprint density at radius 1 is 0.966 bits per heavy atom. The fourth-order valence-electron chi connectivity index (χ4n) is 2.97. The summed E-state index contributed by atoms with van der Waals surface area (Å²) in [5.41, 5.74) is 1.61. The van der Waals surface area contributed by atoms with Gasteiger partial charge in [0.2, 0.25) is 5.88 Å². The zero-order valence-corrected chi connectivity index (χ0v) is 16.6. The van der Waals surface area contributed by atoms with Gasteiger partial charge in [-0.1, -0.05) is 56.0 Å². The molecule has 152 valence electrons. The molecule has 0 bridgehead atoms. The van der Waals surface area contributed by atoms with Gasteiger partial charge in [-0.2, -0.15) is 5.10 Å². The Hall–Kier alpha value is -3.22. The van der Waals surface area contributed by atoms with Crippen LogP contribution in [-0.2, 0) is 6.54 Å². The number of benzene rings is 1. The zero-order chi connectivity index (χ0) is 20.2. The predicted molar refractivity (Wildman–Crippen MR) is 114 cm³/mol. The smallest absolute Gasteiger partial charge is 0.213 e. The Kier molecular flexibility index (Phi) is 8.19. The lowest BCUT2D eigenvalue weighted by Crippen LogP contribution is -2.11. The minimum atomic E-state index is 0.349. The summed E-state index contributed by atoms with van der Waals surface area (Å²) in [7, 11) is 0. The number of pyridine rings is 1. The maximum Gasteiger partial charge on any atom is 0.213 e. The van der Waals surface area contributed by atoms with E-state index in [1.165, 1.54) is 19.3 Å². The summed E-state index contributed by atoms with van der Waals surface area (Å²) in [6.45, 7) is 1.63. The van der Waals surface area contributed by atoms with E-state index < -0.39 is 0 Å². The van der Waals surface area contributed by atoms with Crippen LogP contribution in [0.2, 0.25) is 0 Å². The van der Waals surface area contributed by atoms with E-state index in [4.69, 9.17) is 10.1 Å². The monoisotopic (exact) mass is 392 g/mol. The first kappa shape index (κ1) is 20.5. The third-order valence-electron chi connectivity index (χ3n) is 4.57. The molecule has 7 nitrogen and oxygen atoms in total. The summed E-state index contributed by atoms with van der Waals surface area (Å²) in [5.74, 6) is 0.969. The highest BCUT2D eigenvalue weighted by Crippen LogP contribution is 2.14. The van der Waals surface area contributed by atoms with Crippen molar-refractivity contribution < 1.29 is 4.74 Å². The SMILES string of the molecule is N=C(Nc1ccc(OCCCCCCCCn2cncn2)nc1)c1ccccc1. The zero-order valence-electron chi connectivity index (χ0n) is 16.6. The first-order valence-corrected chi connectivity index (χ1v) is 10.1. The van der Waals surface area contributed by atoms with Gasteiger partial charge in [-0.05, 0) is 18.9 Å². The van der Waals surface area contributed by atoms with Gasteiger partial charge in [-0.3, -0.25) is 10.1 Å². The van der Waals surface area contributed by atoms with Crippen LogP contribution in [0.1, 0.15) is 44.1 Å². The lowest BCUT2D eigenvalue weighted by Gasteiger charge is -2.09. The molecule has 3 aromatic rings. The van der Waals surface area contributed by atoms with Crippen molar-refractivity contribution in [3.8, 4) is 5.88 Å². The summed E-state index contributed by atoms with van der Waals surface area (Å²) >= 11 is 0. The third kappa shape index (κ3) is 7.37. The molecule has 3 rings (SSSR count). The van der Waals surface area contributed by atoms with Crippen LogP contribution < -0.4 is 10.1 Å². The fraction of sp³-hybridized carbons (Fsp3) is 0.364. The van der Waals surface area contributed by atoms with E-state index >= 15 is 0 Å². The predicted octanol–water partition coefficient (Wildman–Crippen LogP) is 4.53. The van der Waals surface area contributed by atoms with Crippen LogP contribution in [-0.4, -0.2) is 32.2 Å². The van der Waals surface area contributed by atoms with Crippen molar-refractivity contribution in [3.63, 3.8) is 0 Å². The quantitative estimate of drug-likeness (QED) is 0.268. The van der Waals surface area contributed by atoms with Gasteiger partial charge in [0.15, 0.2) is 0 Å². The van der Waals surface area contributed by atoms with E-state index in [0.29, 0.717) is 18.3 Å². The number of aromatic nitrogens is 4. The Labute approximate surface area is 171 Å². The highest BCUT2D eigenvalue weighted by Gasteiger charge is 2.02. The summed E-state index contributed by atoms with van der Waals surface area (Å²) in [6, 6.07) is 13.3. The summed E-state index contributed by atoms with van der Waals surface area (Å²) < 4.78 is 7.60. The molecule has 0 saturated carbocycles. The Bertz CT molecular complexity index is 834. The van der Waals surface area contributed by atoms with Crippen molar-refractivity contribution >= 4 is 11.5 Å². The number of nitrogens with one attached hydrogen (secondary N) is 2. The standard InChI is InChI=1S/C22H28N6O/c23-22(19-10-6-5-7-11-19)27-20-12-13-21(25-16-20)29-15-9-4-2-1-3-8-14-28-18-24-17-26-28/h5-7,10-13,16-18H,1-4,8-9,14-15H2,(H2,23,27). The van der Waals surface area contributed by atoms with Crippen LogP contribution in [0.15, 0.2) is 61.3 Å². The van der Waals surface area contributed by atoms with E-state index in [0.717, 1.165) is 37.1 Å². The minimum Gasteiger partial charge on any atom is -0.478 e. The molecule has 1 aromatic carbocycles. The van der Waals surface area contributed by atoms with E-state index in [1.54, 1.807) is 18.9 Å². The molecule has 0 aliphatic rings. The molecule has 29 heavy (non-hydrogen) atoms. The molecule has 2 N–H and O–H groups in total. The molecule has 0 aliphatic heterocycles. The van der Waals surface area contributed by atoms with Gasteiger partial charge in [0.1, 0.15) is 18.5 Å². The normalized spacial score (nSPS) is 10.6. The van der Waals surface area contributed by atoms with Crippen molar-refractivity contribution in [2.24, 2.45) is 0 Å². The van der Waals surface area contributed by atoms with Gasteiger partial charge in [-0.25, -0.2) is 9.97 Å². The highest BCUT2D eigenvalue weighted by molar-refractivity contribution is 6.05. The molecule has 0 spiro atoms. The van der Waals surface area contributed by atoms with Gasteiger partial charge in [0.05, 0.1) is 18.5 Å². The molecule has 0 atom stereocenters. The van der Waals surface area contributed by atoms with Crippen molar-refractivity contribution in [1.29, 1.82) is 5.41 Å². The number of unbranched alkanes of at least 4 members (excludes halogenated alkanes) is 5. The van der Waals surface area contributed by atoms with Crippen molar-refractivity contribution in [3.05, 3.63) is 66.9 Å². The molecular weight excluding hydrogens is 364 g/mol. The van der Waals surface area contributed by atoms with Gasteiger partial charge in [-0.15, -0.1) is 0 Å². The first-order valence-electron chi connectivity index (χ1n) is 10.1. The van der Waals surface area contributed by atoms with Crippen molar-refractivity contribution in [2.45, 2.75) is 45.1 Å². The summed E-state index contributed by atoms with van der Waals surface area (Å²) in [5, 5.41) is 15.3. The Morgan fingerprint density at radius 3 is 2.48 bits per heavy atom. The maximum atomic E-state index is 8.10. The molecule has 0 aliphatic carbocycles. The highest BCUT2D eigenvalue weighted by atomic mass is 16.5. The maximum absolute atomic E-state index is 8.10. The van der Waals surface area contributed by atoms with E-state index in [9.17, 15) is 0 Å². The molecule has 0 unspecified atom stereocenters. The molecule has 2 aromatic heterocycles. The molecule has 0 fully saturated rings. The molecule has 2 heterocycles. The fourth-order valence-corrected chi connectivity index (χ4v) is 2.97. The van der Waals surface area contributed by atoms with Gasteiger partial charge >= 0.3 is 0 Å². The number of rotatable bonds is 12. The van der Waals surface area contributed by atoms with E-state index in [2.05, 4.69) is 20.4 Å².